The fourth-order valence-corrected chi connectivity index (χ4v) is 2.09. The number of rotatable bonds is 5. The second-order valence-corrected chi connectivity index (χ2v) is 5.01. The van der Waals surface area contributed by atoms with E-state index in [0.717, 1.165) is 0 Å². The first-order chi connectivity index (χ1) is 9.73. The van der Waals surface area contributed by atoms with Crippen molar-refractivity contribution in [3.63, 3.8) is 0 Å². The van der Waals surface area contributed by atoms with Gasteiger partial charge in [0.1, 0.15) is 0 Å². The minimum absolute atomic E-state index is 0.0213. The molecule has 0 aromatic carbocycles. The molecule has 0 spiro atoms. The van der Waals surface area contributed by atoms with Gasteiger partial charge in [0.05, 0.1) is 12.5 Å². The molecular weight excluding hydrogens is 291 g/mol. The van der Waals surface area contributed by atoms with Gasteiger partial charge in [-0.2, -0.15) is 13.2 Å². The zero-order valence-corrected chi connectivity index (χ0v) is 11.8. The number of urea groups is 1. The van der Waals surface area contributed by atoms with E-state index in [9.17, 15) is 22.8 Å². The molecule has 21 heavy (non-hydrogen) atoms. The third-order valence-electron chi connectivity index (χ3n) is 3.40. The van der Waals surface area contributed by atoms with Crippen LogP contribution in [0.2, 0.25) is 0 Å². The fourth-order valence-electron chi connectivity index (χ4n) is 2.09. The van der Waals surface area contributed by atoms with E-state index in [-0.39, 0.29) is 32.7 Å². The summed E-state index contributed by atoms with van der Waals surface area (Å²) in [4.78, 5) is 25.3. The lowest BCUT2D eigenvalue weighted by atomic mass is 10.1. The molecule has 0 aliphatic carbocycles. The molecule has 1 saturated heterocycles. The van der Waals surface area contributed by atoms with Gasteiger partial charge in [-0.05, 0) is 6.42 Å². The molecule has 0 saturated carbocycles. The number of carboxylic acids is 1. The van der Waals surface area contributed by atoms with Crippen LogP contribution >= 0.6 is 0 Å². The van der Waals surface area contributed by atoms with Crippen LogP contribution in [0.1, 0.15) is 13.3 Å². The van der Waals surface area contributed by atoms with Gasteiger partial charge in [-0.1, -0.05) is 6.92 Å². The maximum Gasteiger partial charge on any atom is 0.401 e. The third kappa shape index (κ3) is 6.19. The van der Waals surface area contributed by atoms with Crippen LogP contribution < -0.4 is 5.32 Å². The maximum atomic E-state index is 12.2. The molecule has 1 atom stereocenters. The van der Waals surface area contributed by atoms with Crippen molar-refractivity contribution >= 4 is 12.0 Å². The van der Waals surface area contributed by atoms with Gasteiger partial charge in [0.15, 0.2) is 0 Å². The summed E-state index contributed by atoms with van der Waals surface area (Å²) in [5.41, 5.74) is 0. The van der Waals surface area contributed by atoms with Crippen molar-refractivity contribution in [2.45, 2.75) is 19.5 Å². The SMILES string of the molecule is CCC(CNC(=O)N1CCN(CC(F)(F)F)CC1)C(=O)O. The Morgan fingerprint density at radius 1 is 1.24 bits per heavy atom. The van der Waals surface area contributed by atoms with Crippen LogP contribution in [0.3, 0.4) is 0 Å². The molecule has 1 aliphatic rings. The summed E-state index contributed by atoms with van der Waals surface area (Å²) in [5.74, 6) is -1.63. The van der Waals surface area contributed by atoms with Crippen molar-refractivity contribution in [1.82, 2.24) is 15.1 Å². The molecule has 1 aliphatic heterocycles. The highest BCUT2D eigenvalue weighted by molar-refractivity contribution is 5.76. The number of hydrogen-bond donors (Lipinski definition) is 2. The molecule has 1 unspecified atom stereocenters. The number of carbonyl (C=O) groups excluding carboxylic acids is 1. The maximum absolute atomic E-state index is 12.2. The number of alkyl halides is 3. The zero-order valence-electron chi connectivity index (χ0n) is 11.8. The lowest BCUT2D eigenvalue weighted by Gasteiger charge is -2.35. The number of piperazine rings is 1. The summed E-state index contributed by atoms with van der Waals surface area (Å²) in [7, 11) is 0. The highest BCUT2D eigenvalue weighted by atomic mass is 19.4. The largest absolute Gasteiger partial charge is 0.481 e. The summed E-state index contributed by atoms with van der Waals surface area (Å²) < 4.78 is 36.7. The molecular formula is C12H20F3N3O3. The van der Waals surface area contributed by atoms with Crippen LogP contribution in [0, 0.1) is 5.92 Å². The van der Waals surface area contributed by atoms with Gasteiger partial charge in [0.25, 0.3) is 0 Å². The van der Waals surface area contributed by atoms with E-state index in [0.29, 0.717) is 6.42 Å². The predicted octanol–water partition coefficient (Wildman–Crippen LogP) is 0.987. The standard InChI is InChI=1S/C12H20F3N3O3/c1-2-9(10(19)20)7-16-11(21)18-5-3-17(4-6-18)8-12(13,14)15/h9H,2-8H2,1H3,(H,16,21)(H,19,20). The zero-order chi connectivity index (χ0) is 16.0. The Morgan fingerprint density at radius 2 is 1.81 bits per heavy atom. The van der Waals surface area contributed by atoms with Crippen molar-refractivity contribution < 1.29 is 27.9 Å². The van der Waals surface area contributed by atoms with Gasteiger partial charge in [0, 0.05) is 32.7 Å². The van der Waals surface area contributed by atoms with E-state index < -0.39 is 30.6 Å². The average molecular weight is 311 g/mol. The molecule has 0 bridgehead atoms. The van der Waals surface area contributed by atoms with Crippen LogP contribution in [-0.2, 0) is 4.79 Å². The van der Waals surface area contributed by atoms with Crippen LogP contribution in [0.4, 0.5) is 18.0 Å². The minimum atomic E-state index is -4.24. The Labute approximate surface area is 120 Å². The van der Waals surface area contributed by atoms with Gasteiger partial charge in [-0.25, -0.2) is 4.79 Å². The Morgan fingerprint density at radius 3 is 2.24 bits per heavy atom. The Hall–Kier alpha value is -1.51. The molecule has 9 heteroatoms. The monoisotopic (exact) mass is 311 g/mol. The lowest BCUT2D eigenvalue weighted by molar-refractivity contribution is -0.148. The van der Waals surface area contributed by atoms with Crippen LogP contribution in [0.25, 0.3) is 0 Å². The Balaban J connectivity index is 2.33. The highest BCUT2D eigenvalue weighted by Crippen LogP contribution is 2.17. The van der Waals surface area contributed by atoms with E-state index in [4.69, 9.17) is 5.11 Å². The van der Waals surface area contributed by atoms with E-state index in [1.807, 2.05) is 0 Å². The van der Waals surface area contributed by atoms with E-state index in [2.05, 4.69) is 5.32 Å². The van der Waals surface area contributed by atoms with Crippen molar-refractivity contribution in [3.8, 4) is 0 Å². The number of carboxylic acid groups (broad SMARTS) is 1. The third-order valence-corrected chi connectivity index (χ3v) is 3.40. The number of hydrogen-bond acceptors (Lipinski definition) is 3. The molecule has 0 aromatic rings. The molecule has 2 N–H and O–H groups in total. The van der Waals surface area contributed by atoms with Crippen LogP contribution in [0.5, 0.6) is 0 Å². The van der Waals surface area contributed by atoms with Gasteiger partial charge in [0.2, 0.25) is 0 Å². The molecule has 1 fully saturated rings. The number of carbonyl (C=O) groups is 2. The number of nitrogens with one attached hydrogen (secondary N) is 1. The number of amides is 2. The smallest absolute Gasteiger partial charge is 0.401 e. The number of nitrogens with zero attached hydrogens (tertiary/aromatic N) is 2. The van der Waals surface area contributed by atoms with Crippen LogP contribution in [0.15, 0.2) is 0 Å². The van der Waals surface area contributed by atoms with Gasteiger partial charge >= 0.3 is 18.2 Å². The van der Waals surface area contributed by atoms with E-state index >= 15 is 0 Å². The first-order valence-corrected chi connectivity index (χ1v) is 6.77. The first-order valence-electron chi connectivity index (χ1n) is 6.77. The molecule has 2 amide bonds. The molecule has 122 valence electrons. The molecule has 1 rings (SSSR count). The summed E-state index contributed by atoms with van der Waals surface area (Å²) in [6.45, 7) is 1.47. The summed E-state index contributed by atoms with van der Waals surface area (Å²) in [5, 5.41) is 11.4. The van der Waals surface area contributed by atoms with Crippen molar-refractivity contribution in [2.75, 3.05) is 39.3 Å². The molecule has 0 radical (unpaired) electrons. The highest BCUT2D eigenvalue weighted by Gasteiger charge is 2.32. The Bertz CT molecular complexity index is 368. The van der Waals surface area contributed by atoms with Crippen LogP contribution in [-0.4, -0.2) is 72.4 Å². The summed E-state index contributed by atoms with van der Waals surface area (Å²) in [6.07, 6.45) is -3.84. The minimum Gasteiger partial charge on any atom is -0.481 e. The molecule has 1 heterocycles. The number of aliphatic carboxylic acids is 1. The van der Waals surface area contributed by atoms with Crippen molar-refractivity contribution in [2.24, 2.45) is 5.92 Å². The summed E-state index contributed by atoms with van der Waals surface area (Å²) >= 11 is 0. The van der Waals surface area contributed by atoms with Crippen molar-refractivity contribution in [1.29, 1.82) is 0 Å². The molecule has 0 aromatic heterocycles. The quantitative estimate of drug-likeness (QED) is 0.794. The van der Waals surface area contributed by atoms with E-state index in [1.165, 1.54) is 9.80 Å². The lowest BCUT2D eigenvalue weighted by Crippen LogP contribution is -2.53. The fraction of sp³-hybridized carbons (Fsp3) is 0.833. The first kappa shape index (κ1) is 17.5. The second-order valence-electron chi connectivity index (χ2n) is 5.01. The Kier molecular flexibility index (Phi) is 6.25. The second kappa shape index (κ2) is 7.48. The summed E-state index contributed by atoms with van der Waals surface area (Å²) in [6, 6.07) is -0.429. The number of halogens is 3. The van der Waals surface area contributed by atoms with Gasteiger partial charge < -0.3 is 15.3 Å². The van der Waals surface area contributed by atoms with Crippen molar-refractivity contribution in [3.05, 3.63) is 0 Å². The average Bonchev–Trinajstić information content (AvgIpc) is 2.37. The van der Waals surface area contributed by atoms with E-state index in [1.54, 1.807) is 6.92 Å². The van der Waals surface area contributed by atoms with Gasteiger partial charge in [-0.15, -0.1) is 0 Å². The van der Waals surface area contributed by atoms with Gasteiger partial charge in [-0.3, -0.25) is 9.69 Å². The normalized spacial score (nSPS) is 18.4. The topological polar surface area (TPSA) is 72.9 Å². The predicted molar refractivity (Wildman–Crippen MR) is 68.9 cm³/mol. The molecule has 6 nitrogen and oxygen atoms in total.